The normalized spacial score (nSPS) is 10.8. The number of nitrogens with one attached hydrogen (secondary N) is 1. The van der Waals surface area contributed by atoms with E-state index < -0.39 is 5.91 Å². The van der Waals surface area contributed by atoms with Gasteiger partial charge in [-0.05, 0) is 19.9 Å². The fraction of sp³-hybridized carbons (Fsp3) is 0.429. The number of halogens is 1. The van der Waals surface area contributed by atoms with Crippen molar-refractivity contribution in [2.75, 3.05) is 13.1 Å². The van der Waals surface area contributed by atoms with Crippen molar-refractivity contribution in [1.82, 2.24) is 10.2 Å². The Kier molecular flexibility index (Phi) is 6.11. The molecular formula is C14H20FN3O2. The summed E-state index contributed by atoms with van der Waals surface area (Å²) in [4.78, 5) is 24.4. The molecule has 20 heavy (non-hydrogen) atoms. The van der Waals surface area contributed by atoms with Crippen LogP contribution in [0, 0.1) is 5.82 Å². The molecule has 0 heterocycles. The van der Waals surface area contributed by atoms with E-state index in [2.05, 4.69) is 5.32 Å². The lowest BCUT2D eigenvalue weighted by molar-refractivity contribution is -0.124. The number of nitrogens with two attached hydrogens (primary N) is 1. The second-order valence-electron chi connectivity index (χ2n) is 4.83. The highest BCUT2D eigenvalue weighted by molar-refractivity contribution is 5.80. The predicted molar refractivity (Wildman–Crippen MR) is 74.2 cm³/mol. The number of rotatable bonds is 7. The minimum Gasteiger partial charge on any atom is -0.369 e. The van der Waals surface area contributed by atoms with E-state index in [4.69, 9.17) is 5.73 Å². The summed E-state index contributed by atoms with van der Waals surface area (Å²) in [6, 6.07) is 6.27. The van der Waals surface area contributed by atoms with Crippen molar-refractivity contribution in [3.05, 3.63) is 35.6 Å². The molecule has 1 aromatic carbocycles. The topological polar surface area (TPSA) is 75.4 Å². The summed E-state index contributed by atoms with van der Waals surface area (Å²) in [6.45, 7) is 3.92. The molecule has 0 aliphatic rings. The molecule has 0 fully saturated rings. The van der Waals surface area contributed by atoms with E-state index >= 15 is 0 Å². The van der Waals surface area contributed by atoms with Crippen molar-refractivity contribution in [2.24, 2.45) is 5.73 Å². The van der Waals surface area contributed by atoms with Gasteiger partial charge < -0.3 is 11.1 Å². The van der Waals surface area contributed by atoms with Crippen LogP contribution in [0.4, 0.5) is 4.39 Å². The number of hydrogen-bond donors (Lipinski definition) is 2. The number of carbonyl (C=O) groups is 2. The molecule has 110 valence electrons. The van der Waals surface area contributed by atoms with Gasteiger partial charge in [-0.3, -0.25) is 14.5 Å². The van der Waals surface area contributed by atoms with Gasteiger partial charge in [0, 0.05) is 18.2 Å². The number of amides is 2. The summed E-state index contributed by atoms with van der Waals surface area (Å²) in [5.41, 5.74) is 5.55. The predicted octanol–water partition coefficient (Wildman–Crippen LogP) is 0.638. The third kappa shape index (κ3) is 5.36. The summed E-state index contributed by atoms with van der Waals surface area (Å²) in [5.74, 6) is -1.12. The molecule has 2 amide bonds. The van der Waals surface area contributed by atoms with Gasteiger partial charge in [0.1, 0.15) is 5.82 Å². The maximum absolute atomic E-state index is 13.4. The Morgan fingerprint density at radius 1 is 1.30 bits per heavy atom. The van der Waals surface area contributed by atoms with Crippen molar-refractivity contribution in [2.45, 2.75) is 26.4 Å². The maximum atomic E-state index is 13.4. The van der Waals surface area contributed by atoms with Crippen LogP contribution in [0.25, 0.3) is 0 Å². The van der Waals surface area contributed by atoms with Crippen molar-refractivity contribution >= 4 is 11.8 Å². The van der Waals surface area contributed by atoms with Crippen LogP contribution in [0.3, 0.4) is 0 Å². The van der Waals surface area contributed by atoms with Crippen LogP contribution in [-0.2, 0) is 16.1 Å². The molecule has 0 bridgehead atoms. The Hall–Kier alpha value is -1.95. The van der Waals surface area contributed by atoms with E-state index in [-0.39, 0.29) is 37.4 Å². The summed E-state index contributed by atoms with van der Waals surface area (Å²) >= 11 is 0. The average Bonchev–Trinajstić information content (AvgIpc) is 2.36. The van der Waals surface area contributed by atoms with E-state index in [1.807, 2.05) is 13.8 Å². The zero-order valence-electron chi connectivity index (χ0n) is 11.7. The van der Waals surface area contributed by atoms with Crippen LogP contribution in [0.1, 0.15) is 19.4 Å². The number of hydrogen-bond acceptors (Lipinski definition) is 3. The zero-order chi connectivity index (χ0) is 15.1. The molecule has 0 radical (unpaired) electrons. The van der Waals surface area contributed by atoms with Gasteiger partial charge in [0.25, 0.3) is 0 Å². The second kappa shape index (κ2) is 7.59. The van der Waals surface area contributed by atoms with Gasteiger partial charge in [-0.15, -0.1) is 0 Å². The molecule has 6 heteroatoms. The van der Waals surface area contributed by atoms with Crippen molar-refractivity contribution in [3.63, 3.8) is 0 Å². The van der Waals surface area contributed by atoms with Crippen LogP contribution in [0.5, 0.6) is 0 Å². The SMILES string of the molecule is CC(C)N(CC(N)=O)CC(=O)NCc1ccccc1F. The first kappa shape index (κ1) is 16.1. The Bertz CT molecular complexity index is 477. The monoisotopic (exact) mass is 281 g/mol. The van der Waals surface area contributed by atoms with E-state index in [0.29, 0.717) is 5.56 Å². The van der Waals surface area contributed by atoms with Crippen LogP contribution < -0.4 is 11.1 Å². The lowest BCUT2D eigenvalue weighted by atomic mass is 10.2. The first-order valence-electron chi connectivity index (χ1n) is 6.42. The first-order chi connectivity index (χ1) is 9.40. The van der Waals surface area contributed by atoms with Crippen LogP contribution >= 0.6 is 0 Å². The van der Waals surface area contributed by atoms with Gasteiger partial charge in [-0.25, -0.2) is 4.39 Å². The van der Waals surface area contributed by atoms with Gasteiger partial charge in [-0.2, -0.15) is 0 Å². The molecule has 0 saturated heterocycles. The molecule has 0 spiro atoms. The highest BCUT2D eigenvalue weighted by Gasteiger charge is 2.16. The highest BCUT2D eigenvalue weighted by Crippen LogP contribution is 2.05. The summed E-state index contributed by atoms with van der Waals surface area (Å²) < 4.78 is 13.4. The molecule has 0 saturated carbocycles. The Balaban J connectivity index is 2.50. The molecule has 1 aromatic rings. The minimum absolute atomic E-state index is 0.0155. The molecule has 1 rings (SSSR count). The third-order valence-corrected chi connectivity index (χ3v) is 2.87. The summed E-state index contributed by atoms with van der Waals surface area (Å²) in [7, 11) is 0. The van der Waals surface area contributed by atoms with Gasteiger partial charge in [-0.1, -0.05) is 18.2 Å². The smallest absolute Gasteiger partial charge is 0.234 e. The fourth-order valence-electron chi connectivity index (χ4n) is 1.70. The van der Waals surface area contributed by atoms with Crippen molar-refractivity contribution < 1.29 is 14.0 Å². The number of carbonyl (C=O) groups excluding carboxylic acids is 2. The third-order valence-electron chi connectivity index (χ3n) is 2.87. The van der Waals surface area contributed by atoms with E-state index in [1.54, 1.807) is 23.1 Å². The molecule has 5 nitrogen and oxygen atoms in total. The molecule has 0 aliphatic carbocycles. The van der Waals surface area contributed by atoms with Gasteiger partial charge >= 0.3 is 0 Å². The lowest BCUT2D eigenvalue weighted by Gasteiger charge is -2.24. The molecule has 0 aromatic heterocycles. The number of benzene rings is 1. The molecule has 3 N–H and O–H groups in total. The highest BCUT2D eigenvalue weighted by atomic mass is 19.1. The summed E-state index contributed by atoms with van der Waals surface area (Å²) in [5, 5.41) is 2.63. The van der Waals surface area contributed by atoms with Gasteiger partial charge in [0.15, 0.2) is 0 Å². The van der Waals surface area contributed by atoms with E-state index in [9.17, 15) is 14.0 Å². The van der Waals surface area contributed by atoms with Crippen LogP contribution in [0.2, 0.25) is 0 Å². The first-order valence-corrected chi connectivity index (χ1v) is 6.42. The zero-order valence-corrected chi connectivity index (χ0v) is 11.7. The fourth-order valence-corrected chi connectivity index (χ4v) is 1.70. The Morgan fingerprint density at radius 2 is 1.95 bits per heavy atom. The lowest BCUT2D eigenvalue weighted by Crippen LogP contribution is -2.44. The molecule has 0 aliphatic heterocycles. The largest absolute Gasteiger partial charge is 0.369 e. The van der Waals surface area contributed by atoms with E-state index in [1.165, 1.54) is 6.07 Å². The molecule has 0 unspecified atom stereocenters. The Morgan fingerprint density at radius 3 is 2.50 bits per heavy atom. The Labute approximate surface area is 117 Å². The number of primary amides is 1. The second-order valence-corrected chi connectivity index (χ2v) is 4.83. The average molecular weight is 281 g/mol. The van der Waals surface area contributed by atoms with Gasteiger partial charge in [0.05, 0.1) is 13.1 Å². The van der Waals surface area contributed by atoms with Crippen LogP contribution in [0.15, 0.2) is 24.3 Å². The number of nitrogens with zero attached hydrogens (tertiary/aromatic N) is 1. The minimum atomic E-state index is -0.486. The standard InChI is InChI=1S/C14H20FN3O2/c1-10(2)18(8-13(16)19)9-14(20)17-7-11-5-3-4-6-12(11)15/h3-6,10H,7-9H2,1-2H3,(H2,16,19)(H,17,20). The quantitative estimate of drug-likeness (QED) is 0.770. The van der Waals surface area contributed by atoms with Crippen molar-refractivity contribution in [3.8, 4) is 0 Å². The summed E-state index contributed by atoms with van der Waals surface area (Å²) in [6.07, 6.45) is 0. The van der Waals surface area contributed by atoms with Crippen molar-refractivity contribution in [1.29, 1.82) is 0 Å². The molecular weight excluding hydrogens is 261 g/mol. The van der Waals surface area contributed by atoms with Crippen LogP contribution in [-0.4, -0.2) is 35.8 Å². The van der Waals surface area contributed by atoms with Gasteiger partial charge in [0.2, 0.25) is 11.8 Å². The van der Waals surface area contributed by atoms with E-state index in [0.717, 1.165) is 0 Å². The molecule has 0 atom stereocenters. The maximum Gasteiger partial charge on any atom is 0.234 e.